The zero-order valence-corrected chi connectivity index (χ0v) is 29.2. The van der Waals surface area contributed by atoms with E-state index >= 15 is 0 Å². The SMILES string of the molecule is O=C(CCc1ccccc1)N[C@@H](Cc1c[nH]cn1)C(=O)N[C@@H](Cc1ccc(OCc2ccccc2)cc1)C(=O)N[C@@H](COCc1ccccc1)C(=O)O. The molecule has 4 aromatic carbocycles. The summed E-state index contributed by atoms with van der Waals surface area (Å²) < 4.78 is 11.5. The molecular weight excluding hydrogens is 674 g/mol. The summed E-state index contributed by atoms with van der Waals surface area (Å²) in [6.07, 6.45) is 3.78. The van der Waals surface area contributed by atoms with Crippen molar-refractivity contribution in [1.82, 2.24) is 25.9 Å². The van der Waals surface area contributed by atoms with E-state index in [0.29, 0.717) is 30.0 Å². The van der Waals surface area contributed by atoms with Crippen molar-refractivity contribution in [3.63, 3.8) is 0 Å². The molecule has 3 amide bonds. The van der Waals surface area contributed by atoms with Crippen molar-refractivity contribution in [3.05, 3.63) is 156 Å². The lowest BCUT2D eigenvalue weighted by molar-refractivity contribution is -0.144. The van der Waals surface area contributed by atoms with Crippen LogP contribution in [0.4, 0.5) is 0 Å². The predicted octanol–water partition coefficient (Wildman–Crippen LogP) is 4.16. The zero-order chi connectivity index (χ0) is 37.3. The Morgan fingerprint density at radius 2 is 1.21 bits per heavy atom. The van der Waals surface area contributed by atoms with Crippen molar-refractivity contribution in [2.75, 3.05) is 6.61 Å². The summed E-state index contributed by atoms with van der Waals surface area (Å²) in [5.74, 6) is -2.39. The van der Waals surface area contributed by atoms with E-state index in [4.69, 9.17) is 9.47 Å². The van der Waals surface area contributed by atoms with E-state index in [1.165, 1.54) is 6.33 Å². The van der Waals surface area contributed by atoms with Gasteiger partial charge in [0.15, 0.2) is 6.04 Å². The van der Waals surface area contributed by atoms with Crippen molar-refractivity contribution in [3.8, 4) is 5.75 Å². The second-order valence-electron chi connectivity index (χ2n) is 12.5. The molecule has 3 atom stereocenters. The van der Waals surface area contributed by atoms with Gasteiger partial charge < -0.3 is 35.5 Å². The van der Waals surface area contributed by atoms with Gasteiger partial charge in [-0.3, -0.25) is 14.4 Å². The maximum Gasteiger partial charge on any atom is 0.328 e. The largest absolute Gasteiger partial charge is 0.489 e. The second-order valence-corrected chi connectivity index (χ2v) is 12.5. The summed E-state index contributed by atoms with van der Waals surface area (Å²) in [7, 11) is 0. The van der Waals surface area contributed by atoms with Gasteiger partial charge in [-0.1, -0.05) is 103 Å². The number of imidazole rings is 1. The van der Waals surface area contributed by atoms with E-state index in [9.17, 15) is 24.3 Å². The molecule has 0 saturated heterocycles. The predicted molar refractivity (Wildman–Crippen MR) is 198 cm³/mol. The topological polar surface area (TPSA) is 172 Å². The Labute approximate surface area is 308 Å². The molecule has 274 valence electrons. The third-order valence-electron chi connectivity index (χ3n) is 8.36. The maximum atomic E-state index is 13.9. The Balaban J connectivity index is 1.29. The van der Waals surface area contributed by atoms with Crippen molar-refractivity contribution in [2.45, 2.75) is 57.0 Å². The number of carboxylic acid groups (broad SMARTS) is 1. The molecule has 0 fully saturated rings. The molecule has 1 heterocycles. The van der Waals surface area contributed by atoms with E-state index in [-0.39, 0.29) is 38.4 Å². The molecule has 12 nitrogen and oxygen atoms in total. The van der Waals surface area contributed by atoms with Crippen LogP contribution in [0.1, 0.15) is 34.4 Å². The highest BCUT2D eigenvalue weighted by atomic mass is 16.5. The summed E-state index contributed by atoms with van der Waals surface area (Å²) in [5, 5.41) is 18.1. The summed E-state index contributed by atoms with van der Waals surface area (Å²) in [5.41, 5.74) is 4.04. The van der Waals surface area contributed by atoms with Crippen LogP contribution in [0.2, 0.25) is 0 Å². The average Bonchev–Trinajstić information content (AvgIpc) is 3.70. The molecule has 5 rings (SSSR count). The monoisotopic (exact) mass is 717 g/mol. The fraction of sp³-hybridized carbons (Fsp3) is 0.244. The standard InChI is InChI=1S/C41H43N5O7/c47-38(21-18-29-10-4-1-5-11-29)44-36(23-33-24-42-28-43-33)40(49)45-35(22-30-16-19-34(20-17-30)53-26-32-14-8-3-9-15-32)39(48)46-37(41(50)51)27-52-25-31-12-6-2-7-13-31/h1-17,19-20,24,28,35-37H,18,21-23,25-27H2,(H,42,43)(H,44,47)(H,45,49)(H,46,48)(H,50,51)/t35-,36-,37-/m0/s1. The summed E-state index contributed by atoms with van der Waals surface area (Å²) >= 11 is 0. The first-order chi connectivity index (χ1) is 25.8. The first-order valence-corrected chi connectivity index (χ1v) is 17.3. The number of amides is 3. The molecule has 12 heteroatoms. The van der Waals surface area contributed by atoms with E-state index in [1.54, 1.807) is 30.5 Å². The minimum atomic E-state index is -1.39. The van der Waals surface area contributed by atoms with E-state index in [1.807, 2.05) is 91.0 Å². The number of benzene rings is 4. The van der Waals surface area contributed by atoms with Gasteiger partial charge in [0, 0.05) is 25.5 Å². The van der Waals surface area contributed by atoms with Crippen molar-refractivity contribution >= 4 is 23.7 Å². The van der Waals surface area contributed by atoms with Crippen LogP contribution in [-0.4, -0.2) is 63.5 Å². The number of nitrogens with one attached hydrogen (secondary N) is 4. The number of carbonyl (C=O) groups is 4. The number of aromatic amines is 1. The molecule has 0 aliphatic heterocycles. The normalized spacial score (nSPS) is 12.5. The minimum absolute atomic E-state index is 0.0187. The van der Waals surface area contributed by atoms with Crippen molar-refractivity contribution < 1.29 is 33.8 Å². The van der Waals surface area contributed by atoms with Crippen LogP contribution < -0.4 is 20.7 Å². The molecular formula is C41H43N5O7. The van der Waals surface area contributed by atoms with Crippen LogP contribution >= 0.6 is 0 Å². The molecule has 0 aliphatic rings. The van der Waals surface area contributed by atoms with Gasteiger partial charge in [0.2, 0.25) is 17.7 Å². The van der Waals surface area contributed by atoms with Crippen LogP contribution in [0.15, 0.2) is 128 Å². The van der Waals surface area contributed by atoms with Crippen molar-refractivity contribution in [2.24, 2.45) is 0 Å². The van der Waals surface area contributed by atoms with Crippen LogP contribution in [0.25, 0.3) is 0 Å². The van der Waals surface area contributed by atoms with Gasteiger partial charge in [0.1, 0.15) is 24.4 Å². The number of ether oxygens (including phenoxy) is 2. The first-order valence-electron chi connectivity index (χ1n) is 17.3. The summed E-state index contributed by atoms with van der Waals surface area (Å²) in [6.45, 7) is 0.222. The number of hydrogen-bond donors (Lipinski definition) is 5. The Bertz CT molecular complexity index is 1870. The summed E-state index contributed by atoms with van der Waals surface area (Å²) in [6, 6.07) is 31.9. The van der Waals surface area contributed by atoms with Gasteiger partial charge in [0.05, 0.1) is 25.2 Å². The lowest BCUT2D eigenvalue weighted by Crippen LogP contribution is -2.57. The number of aromatic nitrogens is 2. The van der Waals surface area contributed by atoms with Crippen LogP contribution in [0.3, 0.4) is 0 Å². The molecule has 0 unspecified atom stereocenters. The van der Waals surface area contributed by atoms with Crippen molar-refractivity contribution in [1.29, 1.82) is 0 Å². The molecule has 53 heavy (non-hydrogen) atoms. The third-order valence-corrected chi connectivity index (χ3v) is 8.36. The minimum Gasteiger partial charge on any atom is -0.489 e. The Morgan fingerprint density at radius 1 is 0.642 bits per heavy atom. The molecule has 5 aromatic rings. The van der Waals surface area contributed by atoms with E-state index in [2.05, 4.69) is 25.9 Å². The molecule has 0 aliphatic carbocycles. The number of nitrogens with zero attached hydrogens (tertiary/aromatic N) is 1. The van der Waals surface area contributed by atoms with E-state index in [0.717, 1.165) is 16.7 Å². The smallest absolute Gasteiger partial charge is 0.328 e. The quantitative estimate of drug-likeness (QED) is 0.0799. The molecule has 0 bridgehead atoms. The highest BCUT2D eigenvalue weighted by molar-refractivity contribution is 5.93. The molecule has 0 radical (unpaired) electrons. The Morgan fingerprint density at radius 3 is 1.79 bits per heavy atom. The van der Waals surface area contributed by atoms with E-state index < -0.39 is 35.9 Å². The second kappa shape index (κ2) is 19.9. The fourth-order valence-corrected chi connectivity index (χ4v) is 5.49. The average molecular weight is 718 g/mol. The van der Waals surface area contributed by atoms with Gasteiger partial charge >= 0.3 is 5.97 Å². The lowest BCUT2D eigenvalue weighted by Gasteiger charge is -2.24. The fourth-order valence-electron chi connectivity index (χ4n) is 5.49. The Kier molecular flexibility index (Phi) is 14.3. The number of carboxylic acids is 1. The molecule has 0 spiro atoms. The number of rotatable bonds is 20. The van der Waals surface area contributed by atoms with Gasteiger partial charge in [-0.15, -0.1) is 0 Å². The molecule has 0 saturated carbocycles. The third kappa shape index (κ3) is 12.8. The maximum absolute atomic E-state index is 13.9. The van der Waals surface area contributed by atoms with Gasteiger partial charge in [-0.25, -0.2) is 9.78 Å². The van der Waals surface area contributed by atoms with Crippen LogP contribution in [0, 0.1) is 0 Å². The first kappa shape index (κ1) is 38.0. The number of H-pyrrole nitrogens is 1. The Hall–Kier alpha value is -6.27. The summed E-state index contributed by atoms with van der Waals surface area (Å²) in [4.78, 5) is 60.1. The highest BCUT2D eigenvalue weighted by Gasteiger charge is 2.30. The van der Waals surface area contributed by atoms with Gasteiger partial charge in [0.25, 0.3) is 0 Å². The molecule has 1 aromatic heterocycles. The highest BCUT2D eigenvalue weighted by Crippen LogP contribution is 2.16. The number of aryl methyl sites for hydroxylation is 1. The lowest BCUT2D eigenvalue weighted by atomic mass is 10.0. The van der Waals surface area contributed by atoms with Crippen LogP contribution in [-0.2, 0) is 56.4 Å². The van der Waals surface area contributed by atoms with Gasteiger partial charge in [-0.05, 0) is 40.8 Å². The number of carbonyl (C=O) groups excluding carboxylic acids is 3. The number of aliphatic carboxylic acids is 1. The molecule has 5 N–H and O–H groups in total. The van der Waals surface area contributed by atoms with Gasteiger partial charge in [-0.2, -0.15) is 0 Å². The zero-order valence-electron chi connectivity index (χ0n) is 29.2. The van der Waals surface area contributed by atoms with Crippen LogP contribution in [0.5, 0.6) is 5.75 Å². The number of hydrogen-bond acceptors (Lipinski definition) is 7.